The highest BCUT2D eigenvalue weighted by Gasteiger charge is 2.22. The number of carbonyl (C=O) groups excluding carboxylic acids is 1. The number of rotatable bonds is 4. The second kappa shape index (κ2) is 5.78. The molecule has 0 aliphatic heterocycles. The van der Waals surface area contributed by atoms with Crippen molar-refractivity contribution in [1.29, 1.82) is 0 Å². The molecule has 21 heavy (non-hydrogen) atoms. The summed E-state index contributed by atoms with van der Waals surface area (Å²) in [7, 11) is 0. The number of aromatic nitrogens is 2. The molecular formula is C15H17N3O3. The average molecular weight is 287 g/mol. The van der Waals surface area contributed by atoms with Crippen LogP contribution in [-0.2, 0) is 4.79 Å². The summed E-state index contributed by atoms with van der Waals surface area (Å²) in [6.45, 7) is 4.94. The van der Waals surface area contributed by atoms with Crippen molar-refractivity contribution in [2.24, 2.45) is 0 Å². The van der Waals surface area contributed by atoms with Crippen molar-refractivity contribution in [3.05, 3.63) is 47.3 Å². The molecule has 0 saturated carbocycles. The van der Waals surface area contributed by atoms with Gasteiger partial charge in [0.2, 0.25) is 0 Å². The molecule has 1 heterocycles. The predicted molar refractivity (Wildman–Crippen MR) is 77.6 cm³/mol. The van der Waals surface area contributed by atoms with Gasteiger partial charge in [-0.05, 0) is 32.9 Å². The number of aliphatic carboxylic acids is 1. The fraction of sp³-hybridized carbons (Fsp3) is 0.267. The van der Waals surface area contributed by atoms with Gasteiger partial charge in [0.05, 0.1) is 22.6 Å². The Morgan fingerprint density at radius 3 is 2.43 bits per heavy atom. The number of para-hydroxylation sites is 1. The summed E-state index contributed by atoms with van der Waals surface area (Å²) in [5.74, 6) is -1.50. The van der Waals surface area contributed by atoms with Crippen LogP contribution in [0.4, 0.5) is 0 Å². The first-order chi connectivity index (χ1) is 9.91. The van der Waals surface area contributed by atoms with E-state index in [-0.39, 0.29) is 0 Å². The Bertz CT molecular complexity index is 677. The van der Waals surface area contributed by atoms with E-state index in [1.54, 1.807) is 18.5 Å². The lowest BCUT2D eigenvalue weighted by atomic mass is 10.1. The Hall–Kier alpha value is -2.63. The molecule has 6 heteroatoms. The van der Waals surface area contributed by atoms with E-state index in [1.807, 2.05) is 30.3 Å². The molecule has 1 aromatic carbocycles. The van der Waals surface area contributed by atoms with E-state index in [2.05, 4.69) is 10.4 Å². The zero-order valence-electron chi connectivity index (χ0n) is 12.1. The summed E-state index contributed by atoms with van der Waals surface area (Å²) < 4.78 is 1.68. The van der Waals surface area contributed by atoms with Crippen LogP contribution < -0.4 is 5.32 Å². The van der Waals surface area contributed by atoms with Gasteiger partial charge >= 0.3 is 5.97 Å². The quantitative estimate of drug-likeness (QED) is 0.896. The van der Waals surface area contributed by atoms with Gasteiger partial charge in [-0.15, -0.1) is 0 Å². The van der Waals surface area contributed by atoms with Gasteiger partial charge in [-0.2, -0.15) is 5.10 Å². The predicted octanol–water partition coefficient (Wildman–Crippen LogP) is 1.69. The van der Waals surface area contributed by atoms with Gasteiger partial charge < -0.3 is 10.4 Å². The highest BCUT2D eigenvalue weighted by molar-refractivity contribution is 5.98. The van der Waals surface area contributed by atoms with E-state index in [4.69, 9.17) is 5.11 Å². The molecule has 1 amide bonds. The highest BCUT2D eigenvalue weighted by atomic mass is 16.4. The zero-order valence-corrected chi connectivity index (χ0v) is 12.1. The van der Waals surface area contributed by atoms with Crippen molar-refractivity contribution in [1.82, 2.24) is 15.1 Å². The maximum atomic E-state index is 12.2. The van der Waals surface area contributed by atoms with Crippen molar-refractivity contribution >= 4 is 11.9 Å². The molecule has 0 aliphatic rings. The Labute approximate surface area is 122 Å². The standard InChI is InChI=1S/C15H17N3O3/c1-9-13(14(19)16-10(2)15(20)21)11(3)18(17-9)12-7-5-4-6-8-12/h4-8,10H,1-3H3,(H,16,19)(H,20,21)/t10-/m1/s1. The van der Waals surface area contributed by atoms with Gasteiger partial charge in [0.25, 0.3) is 5.91 Å². The van der Waals surface area contributed by atoms with Gasteiger partial charge in [-0.3, -0.25) is 9.59 Å². The SMILES string of the molecule is Cc1nn(-c2ccccc2)c(C)c1C(=O)N[C@H](C)C(=O)O. The van der Waals surface area contributed by atoms with Gasteiger partial charge in [-0.25, -0.2) is 4.68 Å². The normalized spacial score (nSPS) is 12.0. The molecule has 0 fully saturated rings. The minimum absolute atomic E-state index is 0.409. The van der Waals surface area contributed by atoms with Crippen LogP contribution in [0.15, 0.2) is 30.3 Å². The summed E-state index contributed by atoms with van der Waals surface area (Å²) in [6.07, 6.45) is 0. The number of aryl methyl sites for hydroxylation is 1. The van der Waals surface area contributed by atoms with E-state index < -0.39 is 17.9 Å². The summed E-state index contributed by atoms with van der Waals surface area (Å²) in [6, 6.07) is 8.51. The Kier molecular flexibility index (Phi) is 4.07. The Morgan fingerprint density at radius 1 is 1.24 bits per heavy atom. The van der Waals surface area contributed by atoms with Crippen LogP contribution in [0.1, 0.15) is 28.7 Å². The number of hydrogen-bond acceptors (Lipinski definition) is 3. The number of nitrogens with zero attached hydrogens (tertiary/aromatic N) is 2. The highest BCUT2D eigenvalue weighted by Crippen LogP contribution is 2.17. The van der Waals surface area contributed by atoms with Crippen LogP contribution in [0.5, 0.6) is 0 Å². The molecule has 0 aliphatic carbocycles. The molecule has 0 spiro atoms. The molecule has 2 rings (SSSR count). The van der Waals surface area contributed by atoms with Crippen molar-refractivity contribution in [2.75, 3.05) is 0 Å². The minimum atomic E-state index is -1.07. The van der Waals surface area contributed by atoms with Gasteiger partial charge in [0, 0.05) is 0 Å². The number of carbonyl (C=O) groups is 2. The lowest BCUT2D eigenvalue weighted by Gasteiger charge is -2.09. The van der Waals surface area contributed by atoms with Crippen LogP contribution in [0.2, 0.25) is 0 Å². The third kappa shape index (κ3) is 2.94. The largest absolute Gasteiger partial charge is 0.480 e. The second-order valence-corrected chi connectivity index (χ2v) is 4.83. The number of nitrogens with one attached hydrogen (secondary N) is 1. The smallest absolute Gasteiger partial charge is 0.325 e. The molecule has 1 aromatic heterocycles. The van der Waals surface area contributed by atoms with Crippen molar-refractivity contribution in [3.8, 4) is 5.69 Å². The molecule has 0 unspecified atom stereocenters. The first-order valence-electron chi connectivity index (χ1n) is 6.57. The summed E-state index contributed by atoms with van der Waals surface area (Å²) in [5.41, 5.74) is 2.50. The summed E-state index contributed by atoms with van der Waals surface area (Å²) in [5, 5.41) is 15.7. The van der Waals surface area contributed by atoms with Crippen LogP contribution in [0.25, 0.3) is 5.69 Å². The molecule has 110 valence electrons. The molecule has 2 aromatic rings. The number of carboxylic acid groups (broad SMARTS) is 1. The van der Waals surface area contributed by atoms with E-state index in [9.17, 15) is 9.59 Å². The fourth-order valence-corrected chi connectivity index (χ4v) is 2.12. The lowest BCUT2D eigenvalue weighted by molar-refractivity contribution is -0.138. The Morgan fingerprint density at radius 2 is 1.86 bits per heavy atom. The topological polar surface area (TPSA) is 84.2 Å². The fourth-order valence-electron chi connectivity index (χ4n) is 2.12. The van der Waals surface area contributed by atoms with Crippen molar-refractivity contribution < 1.29 is 14.7 Å². The van der Waals surface area contributed by atoms with Crippen LogP contribution >= 0.6 is 0 Å². The molecule has 6 nitrogen and oxygen atoms in total. The second-order valence-electron chi connectivity index (χ2n) is 4.83. The van der Waals surface area contributed by atoms with Crippen LogP contribution in [0, 0.1) is 13.8 Å². The maximum absolute atomic E-state index is 12.2. The molecule has 0 radical (unpaired) electrons. The van der Waals surface area contributed by atoms with Crippen molar-refractivity contribution in [2.45, 2.75) is 26.8 Å². The molecule has 0 bridgehead atoms. The number of benzene rings is 1. The third-order valence-corrected chi connectivity index (χ3v) is 3.24. The first-order valence-corrected chi connectivity index (χ1v) is 6.57. The minimum Gasteiger partial charge on any atom is -0.480 e. The molecular weight excluding hydrogens is 270 g/mol. The van der Waals surface area contributed by atoms with Gasteiger partial charge in [-0.1, -0.05) is 18.2 Å². The summed E-state index contributed by atoms with van der Waals surface area (Å²) >= 11 is 0. The van der Waals surface area contributed by atoms with E-state index in [0.29, 0.717) is 17.0 Å². The zero-order chi connectivity index (χ0) is 15.6. The van der Waals surface area contributed by atoms with E-state index in [0.717, 1.165) is 5.69 Å². The summed E-state index contributed by atoms with van der Waals surface area (Å²) in [4.78, 5) is 23.0. The van der Waals surface area contributed by atoms with E-state index >= 15 is 0 Å². The molecule has 0 saturated heterocycles. The average Bonchev–Trinajstić information content (AvgIpc) is 2.74. The molecule has 2 N–H and O–H groups in total. The lowest BCUT2D eigenvalue weighted by Crippen LogP contribution is -2.38. The van der Waals surface area contributed by atoms with E-state index in [1.165, 1.54) is 6.92 Å². The van der Waals surface area contributed by atoms with Crippen LogP contribution in [0.3, 0.4) is 0 Å². The molecule has 1 atom stereocenters. The Balaban J connectivity index is 2.36. The van der Waals surface area contributed by atoms with Gasteiger partial charge in [0.1, 0.15) is 6.04 Å². The van der Waals surface area contributed by atoms with Crippen molar-refractivity contribution in [3.63, 3.8) is 0 Å². The maximum Gasteiger partial charge on any atom is 0.325 e. The number of carboxylic acids is 1. The van der Waals surface area contributed by atoms with Crippen LogP contribution in [-0.4, -0.2) is 32.8 Å². The van der Waals surface area contributed by atoms with Gasteiger partial charge in [0.15, 0.2) is 0 Å². The number of amides is 1. The first kappa shape index (κ1) is 14.8. The monoisotopic (exact) mass is 287 g/mol. The third-order valence-electron chi connectivity index (χ3n) is 3.24. The number of hydrogen-bond donors (Lipinski definition) is 2.